The van der Waals surface area contributed by atoms with Crippen LogP contribution in [-0.2, 0) is 0 Å². The molecule has 0 aliphatic carbocycles. The Labute approximate surface area is 257 Å². The average molecular weight is 626 g/mol. The highest BCUT2D eigenvalue weighted by Crippen LogP contribution is 2.43. The van der Waals surface area contributed by atoms with Crippen molar-refractivity contribution >= 4 is 39.1 Å². The molecule has 4 saturated heterocycles. The number of fused-ring (bicyclic) bond motifs is 5. The van der Waals surface area contributed by atoms with Crippen molar-refractivity contribution in [2.24, 2.45) is 0 Å². The summed E-state index contributed by atoms with van der Waals surface area (Å²) in [5, 5.41) is 4.86. The number of halogens is 5. The van der Waals surface area contributed by atoms with Gasteiger partial charge in [-0.15, -0.1) is 0 Å². The van der Waals surface area contributed by atoms with E-state index in [9.17, 15) is 8.78 Å². The van der Waals surface area contributed by atoms with Gasteiger partial charge in [-0.05, 0) is 74.4 Å². The van der Waals surface area contributed by atoms with Gasteiger partial charge >= 0.3 is 6.01 Å². The summed E-state index contributed by atoms with van der Waals surface area (Å²) in [7, 11) is 0. The minimum absolute atomic E-state index is 0.00158. The first kappa shape index (κ1) is 28.3. The third-order valence-electron chi connectivity index (χ3n) is 10.1. The van der Waals surface area contributed by atoms with Crippen molar-refractivity contribution in [3.63, 3.8) is 0 Å². The Morgan fingerprint density at radius 2 is 1.98 bits per heavy atom. The van der Waals surface area contributed by atoms with E-state index >= 15 is 8.78 Å². The third-order valence-corrected chi connectivity index (χ3v) is 10.4. The topological polar surface area (TPSA) is 53.5 Å². The summed E-state index contributed by atoms with van der Waals surface area (Å²) in [6.45, 7) is 4.67. The summed E-state index contributed by atoms with van der Waals surface area (Å²) in [6.07, 6.45) is 3.14. The number of nitrogens with zero attached hydrogens (tertiary/aromatic N) is 4. The second kappa shape index (κ2) is 10.2. The Morgan fingerprint density at radius 1 is 1.11 bits per heavy atom. The molecule has 5 heterocycles. The van der Waals surface area contributed by atoms with Gasteiger partial charge in [-0.25, -0.2) is 17.6 Å². The molecule has 4 fully saturated rings. The molecule has 44 heavy (non-hydrogen) atoms. The number of anilines is 1. The highest BCUT2D eigenvalue weighted by molar-refractivity contribution is 6.36. The number of nitrogens with one attached hydrogen (secondary N) is 1. The first-order valence-corrected chi connectivity index (χ1v) is 15.6. The summed E-state index contributed by atoms with van der Waals surface area (Å²) in [5.41, 5.74) is -1.17. The molecule has 4 aromatic rings. The lowest BCUT2D eigenvalue weighted by Gasteiger charge is -2.40. The molecular weight excluding hydrogens is 594 g/mol. The Morgan fingerprint density at radius 3 is 2.82 bits per heavy atom. The fourth-order valence-corrected chi connectivity index (χ4v) is 8.49. The number of aromatic nitrogens is 2. The van der Waals surface area contributed by atoms with Gasteiger partial charge < -0.3 is 15.0 Å². The maximum Gasteiger partial charge on any atom is 0.319 e. The SMILES string of the molecule is C[C@]12CCC(CN(c3nc(OC[C@@]45CCCN4C[C@H](F)C5)nc4c(F)c(-c5cc(F)cc6cccc(Cl)c56)c(F)cc34)C1)N2. The lowest BCUT2D eigenvalue weighted by atomic mass is 9.95. The molecule has 0 saturated carbocycles. The summed E-state index contributed by atoms with van der Waals surface area (Å²) >= 11 is 6.49. The molecule has 0 spiro atoms. The molecule has 1 aromatic heterocycles. The van der Waals surface area contributed by atoms with Crippen LogP contribution in [0.3, 0.4) is 0 Å². The molecule has 230 valence electrons. The zero-order chi connectivity index (χ0) is 30.4. The van der Waals surface area contributed by atoms with Crippen LogP contribution in [0, 0.1) is 17.5 Å². The summed E-state index contributed by atoms with van der Waals surface area (Å²) < 4.78 is 68.3. The van der Waals surface area contributed by atoms with Crippen LogP contribution in [0.15, 0.2) is 36.4 Å². The number of alkyl halides is 1. The number of ether oxygens (including phenoxy) is 1. The Bertz CT molecular complexity index is 1830. The van der Waals surface area contributed by atoms with Gasteiger partial charge in [0.25, 0.3) is 0 Å². The quantitative estimate of drug-likeness (QED) is 0.246. The normalized spacial score (nSPS) is 28.4. The van der Waals surface area contributed by atoms with Crippen LogP contribution in [0.25, 0.3) is 32.8 Å². The second-order valence-electron chi connectivity index (χ2n) is 13.2. The number of rotatable bonds is 5. The van der Waals surface area contributed by atoms with Crippen LogP contribution in [0.1, 0.15) is 39.0 Å². The monoisotopic (exact) mass is 625 g/mol. The van der Waals surface area contributed by atoms with Gasteiger partial charge in [-0.2, -0.15) is 9.97 Å². The fraction of sp³-hybridized carbons (Fsp3) is 0.455. The standard InChI is InChI=1S/C33H32ClF4N5O/c1-32-8-6-21(41-32)15-42(16-32)30-23-12-25(37)27(22-11-19(35)10-18-4-2-5-24(34)26(18)22)28(38)29(23)39-31(40-30)44-17-33-7-3-9-43(33)14-20(36)13-33/h2,4-5,10-12,20-21,41H,3,6-9,13-17H2,1H3/t20-,21?,32+,33+/m1/s1. The third kappa shape index (κ3) is 4.51. The van der Waals surface area contributed by atoms with Crippen molar-refractivity contribution in [3.8, 4) is 17.1 Å². The number of benzene rings is 3. The van der Waals surface area contributed by atoms with E-state index in [1.807, 2.05) is 4.90 Å². The molecule has 0 amide bonds. The van der Waals surface area contributed by atoms with Crippen LogP contribution < -0.4 is 15.0 Å². The molecule has 6 nitrogen and oxygen atoms in total. The highest BCUT2D eigenvalue weighted by atomic mass is 35.5. The molecule has 1 unspecified atom stereocenters. The number of hydrogen-bond donors (Lipinski definition) is 1. The van der Waals surface area contributed by atoms with Gasteiger partial charge in [0.1, 0.15) is 35.7 Å². The molecular formula is C33H32ClF4N5O. The van der Waals surface area contributed by atoms with Crippen LogP contribution in [-0.4, -0.2) is 70.9 Å². The van der Waals surface area contributed by atoms with Crippen molar-refractivity contribution in [3.05, 3.63) is 58.9 Å². The van der Waals surface area contributed by atoms with Crippen LogP contribution in [0.4, 0.5) is 23.4 Å². The largest absolute Gasteiger partial charge is 0.461 e. The second-order valence-corrected chi connectivity index (χ2v) is 13.7. The zero-order valence-electron chi connectivity index (χ0n) is 24.3. The van der Waals surface area contributed by atoms with Crippen molar-refractivity contribution in [1.82, 2.24) is 20.2 Å². The van der Waals surface area contributed by atoms with E-state index < -0.39 is 34.7 Å². The van der Waals surface area contributed by atoms with Gasteiger partial charge in [0.2, 0.25) is 0 Å². The Hall–Kier alpha value is -3.21. The predicted octanol–water partition coefficient (Wildman–Crippen LogP) is 6.81. The molecule has 4 aliphatic heterocycles. The molecule has 2 bridgehead atoms. The number of hydrogen-bond acceptors (Lipinski definition) is 6. The van der Waals surface area contributed by atoms with E-state index in [0.29, 0.717) is 42.6 Å². The first-order valence-electron chi connectivity index (χ1n) is 15.2. The van der Waals surface area contributed by atoms with Gasteiger partial charge in [0.05, 0.1) is 11.1 Å². The van der Waals surface area contributed by atoms with Gasteiger partial charge in [0, 0.05) is 53.4 Å². The summed E-state index contributed by atoms with van der Waals surface area (Å²) in [6, 6.07) is 8.67. The lowest BCUT2D eigenvalue weighted by Crippen LogP contribution is -2.58. The van der Waals surface area contributed by atoms with Crippen molar-refractivity contribution < 1.29 is 22.3 Å². The van der Waals surface area contributed by atoms with E-state index in [0.717, 1.165) is 38.3 Å². The minimum atomic E-state index is -0.949. The highest BCUT2D eigenvalue weighted by Gasteiger charge is 2.49. The Balaban J connectivity index is 1.29. The van der Waals surface area contributed by atoms with Gasteiger partial charge in [0.15, 0.2) is 5.82 Å². The van der Waals surface area contributed by atoms with Crippen molar-refractivity contribution in [2.45, 2.75) is 62.3 Å². The first-order chi connectivity index (χ1) is 21.1. The maximum atomic E-state index is 16.7. The molecule has 1 N–H and O–H groups in total. The molecule has 4 atom stereocenters. The van der Waals surface area contributed by atoms with Gasteiger partial charge in [-0.1, -0.05) is 23.7 Å². The lowest BCUT2D eigenvalue weighted by molar-refractivity contribution is 0.107. The minimum Gasteiger partial charge on any atom is -0.461 e. The van der Waals surface area contributed by atoms with E-state index in [4.69, 9.17) is 21.3 Å². The van der Waals surface area contributed by atoms with Crippen LogP contribution >= 0.6 is 11.6 Å². The predicted molar refractivity (Wildman–Crippen MR) is 163 cm³/mol. The maximum absolute atomic E-state index is 16.7. The van der Waals surface area contributed by atoms with Crippen LogP contribution in [0.5, 0.6) is 6.01 Å². The van der Waals surface area contributed by atoms with E-state index in [1.54, 1.807) is 18.2 Å². The number of piperazine rings is 1. The van der Waals surface area contributed by atoms with E-state index in [-0.39, 0.29) is 45.7 Å². The fourth-order valence-electron chi connectivity index (χ4n) is 8.21. The van der Waals surface area contributed by atoms with Crippen molar-refractivity contribution in [2.75, 3.05) is 37.7 Å². The Kier molecular flexibility index (Phi) is 6.52. The summed E-state index contributed by atoms with van der Waals surface area (Å²) in [4.78, 5) is 13.4. The van der Waals surface area contributed by atoms with E-state index in [2.05, 4.69) is 22.1 Å². The molecule has 4 aliphatic rings. The zero-order valence-corrected chi connectivity index (χ0v) is 25.0. The van der Waals surface area contributed by atoms with Crippen molar-refractivity contribution in [1.29, 1.82) is 0 Å². The smallest absolute Gasteiger partial charge is 0.319 e. The van der Waals surface area contributed by atoms with E-state index in [1.165, 1.54) is 12.1 Å². The molecule has 11 heteroatoms. The average Bonchev–Trinajstić information content (AvgIpc) is 3.59. The summed E-state index contributed by atoms with van der Waals surface area (Å²) in [5.74, 6) is -2.08. The van der Waals surface area contributed by atoms with Crippen LogP contribution in [0.2, 0.25) is 5.02 Å². The molecule has 0 radical (unpaired) electrons. The molecule has 8 rings (SSSR count). The molecule has 3 aromatic carbocycles. The van der Waals surface area contributed by atoms with Gasteiger partial charge in [-0.3, -0.25) is 4.90 Å².